The van der Waals surface area contributed by atoms with Crippen molar-refractivity contribution in [3.8, 4) is 10.6 Å². The molecule has 0 saturated heterocycles. The van der Waals surface area contributed by atoms with Crippen molar-refractivity contribution >= 4 is 44.0 Å². The van der Waals surface area contributed by atoms with Crippen molar-refractivity contribution in [1.82, 2.24) is 9.88 Å². The van der Waals surface area contributed by atoms with Gasteiger partial charge in [0.2, 0.25) is 0 Å². The van der Waals surface area contributed by atoms with Crippen molar-refractivity contribution in [3.63, 3.8) is 0 Å². The number of hydrogen-bond acceptors (Lipinski definition) is 6. The first kappa shape index (κ1) is 17.3. The summed E-state index contributed by atoms with van der Waals surface area (Å²) in [6.07, 6.45) is 0.525. The molecule has 0 radical (unpaired) electrons. The van der Waals surface area contributed by atoms with Crippen molar-refractivity contribution in [2.45, 2.75) is 39.3 Å². The van der Waals surface area contributed by atoms with Crippen LogP contribution in [0.2, 0.25) is 0 Å². The molecule has 0 bridgehead atoms. The standard InChI is InChI=1S/C19H21N3O2S2/c1-19(2,3)24-18(23)22-9-8-13-11(10-22)15(16(20)25-13)17-21-12-6-4-5-7-14(12)26-17/h4-7H,8-10,20H2,1-3H3. The quantitative estimate of drug-likeness (QED) is 0.645. The van der Waals surface area contributed by atoms with Gasteiger partial charge in [-0.2, -0.15) is 0 Å². The third-order valence-electron chi connectivity index (χ3n) is 4.24. The van der Waals surface area contributed by atoms with Gasteiger partial charge in [0.05, 0.1) is 21.8 Å². The minimum absolute atomic E-state index is 0.275. The molecule has 0 spiro atoms. The van der Waals surface area contributed by atoms with Gasteiger partial charge in [-0.15, -0.1) is 22.7 Å². The number of nitrogens with zero attached hydrogens (tertiary/aromatic N) is 2. The maximum atomic E-state index is 12.5. The molecule has 1 amide bonds. The highest BCUT2D eigenvalue weighted by Gasteiger charge is 2.30. The van der Waals surface area contributed by atoms with Crippen LogP contribution in [0.25, 0.3) is 20.8 Å². The lowest BCUT2D eigenvalue weighted by atomic mass is 10.0. The number of para-hydroxylation sites is 1. The second-order valence-corrected chi connectivity index (χ2v) is 9.55. The minimum Gasteiger partial charge on any atom is -0.444 e. The van der Waals surface area contributed by atoms with Crippen molar-refractivity contribution in [2.75, 3.05) is 12.3 Å². The molecule has 26 heavy (non-hydrogen) atoms. The van der Waals surface area contributed by atoms with E-state index in [0.29, 0.717) is 13.1 Å². The monoisotopic (exact) mass is 387 g/mol. The Kier molecular flexibility index (Phi) is 4.16. The summed E-state index contributed by atoms with van der Waals surface area (Å²) in [7, 11) is 0. The average molecular weight is 388 g/mol. The molecular weight excluding hydrogens is 366 g/mol. The van der Waals surface area contributed by atoms with Crippen LogP contribution in [0.5, 0.6) is 0 Å². The zero-order valence-corrected chi connectivity index (χ0v) is 16.7. The van der Waals surface area contributed by atoms with Gasteiger partial charge in [0.15, 0.2) is 0 Å². The van der Waals surface area contributed by atoms with Crippen LogP contribution in [-0.2, 0) is 17.7 Å². The molecule has 3 heterocycles. The van der Waals surface area contributed by atoms with Crippen LogP contribution in [0, 0.1) is 0 Å². The van der Waals surface area contributed by atoms with Crippen LogP contribution < -0.4 is 5.73 Å². The maximum Gasteiger partial charge on any atom is 0.410 e. The number of nitrogen functional groups attached to an aromatic ring is 1. The minimum atomic E-state index is -0.499. The van der Waals surface area contributed by atoms with Gasteiger partial charge < -0.3 is 15.4 Å². The smallest absolute Gasteiger partial charge is 0.410 e. The average Bonchev–Trinajstić information content (AvgIpc) is 3.11. The number of hydrogen-bond donors (Lipinski definition) is 1. The van der Waals surface area contributed by atoms with Gasteiger partial charge >= 0.3 is 6.09 Å². The van der Waals surface area contributed by atoms with E-state index in [2.05, 4.69) is 6.07 Å². The van der Waals surface area contributed by atoms with Gasteiger partial charge in [-0.3, -0.25) is 0 Å². The summed E-state index contributed by atoms with van der Waals surface area (Å²) in [6, 6.07) is 8.08. The Morgan fingerprint density at radius 2 is 2.04 bits per heavy atom. The Bertz CT molecular complexity index is 951. The van der Waals surface area contributed by atoms with E-state index in [1.807, 2.05) is 39.0 Å². The number of rotatable bonds is 1. The molecule has 4 rings (SSSR count). The lowest BCUT2D eigenvalue weighted by molar-refractivity contribution is 0.0225. The Morgan fingerprint density at radius 3 is 2.77 bits per heavy atom. The van der Waals surface area contributed by atoms with E-state index < -0.39 is 5.60 Å². The van der Waals surface area contributed by atoms with E-state index in [0.717, 1.165) is 37.8 Å². The number of thiazole rings is 1. The first-order valence-electron chi connectivity index (χ1n) is 8.56. The van der Waals surface area contributed by atoms with Crippen molar-refractivity contribution < 1.29 is 9.53 Å². The number of ether oxygens (including phenoxy) is 1. The van der Waals surface area contributed by atoms with E-state index in [-0.39, 0.29) is 6.09 Å². The normalized spacial score (nSPS) is 14.5. The number of amides is 1. The lowest BCUT2D eigenvalue weighted by Crippen LogP contribution is -2.39. The van der Waals surface area contributed by atoms with Gasteiger partial charge in [0, 0.05) is 17.0 Å². The molecule has 1 aliphatic heterocycles. The number of carbonyl (C=O) groups is 1. The summed E-state index contributed by atoms with van der Waals surface area (Å²) >= 11 is 3.26. The Morgan fingerprint density at radius 1 is 1.27 bits per heavy atom. The topological polar surface area (TPSA) is 68.5 Å². The molecule has 0 fully saturated rings. The summed E-state index contributed by atoms with van der Waals surface area (Å²) in [5.41, 5.74) is 8.93. The van der Waals surface area contributed by atoms with Crippen molar-refractivity contribution in [1.29, 1.82) is 0 Å². The molecule has 7 heteroatoms. The molecule has 0 saturated carbocycles. The molecular formula is C19H21N3O2S2. The summed E-state index contributed by atoms with van der Waals surface area (Å²) < 4.78 is 6.68. The van der Waals surface area contributed by atoms with E-state index >= 15 is 0 Å². The number of carbonyl (C=O) groups excluding carboxylic acids is 1. The lowest BCUT2D eigenvalue weighted by Gasteiger charge is -2.30. The van der Waals surface area contributed by atoms with Gasteiger partial charge in [-0.05, 0) is 44.9 Å². The van der Waals surface area contributed by atoms with Crippen LogP contribution in [0.3, 0.4) is 0 Å². The Hall–Kier alpha value is -2.12. The van der Waals surface area contributed by atoms with Crippen molar-refractivity contribution in [2.24, 2.45) is 0 Å². The van der Waals surface area contributed by atoms with E-state index in [4.69, 9.17) is 15.5 Å². The summed E-state index contributed by atoms with van der Waals surface area (Å²) in [5.74, 6) is 0. The number of thiophene rings is 1. The zero-order chi connectivity index (χ0) is 18.5. The number of aromatic nitrogens is 1. The van der Waals surface area contributed by atoms with Gasteiger partial charge in [-0.25, -0.2) is 9.78 Å². The van der Waals surface area contributed by atoms with E-state index in [1.54, 1.807) is 27.6 Å². The third-order valence-corrected chi connectivity index (χ3v) is 6.41. The SMILES string of the molecule is CC(C)(C)OC(=O)N1CCc2sc(N)c(-c3nc4ccccc4s3)c2C1. The fraction of sp³-hybridized carbons (Fsp3) is 0.368. The Labute approximate surface area is 160 Å². The zero-order valence-electron chi connectivity index (χ0n) is 15.0. The van der Waals surface area contributed by atoms with Crippen molar-refractivity contribution in [3.05, 3.63) is 34.7 Å². The van der Waals surface area contributed by atoms with Gasteiger partial charge in [0.25, 0.3) is 0 Å². The fourth-order valence-electron chi connectivity index (χ4n) is 3.11. The fourth-order valence-corrected chi connectivity index (χ4v) is 5.29. The molecule has 5 nitrogen and oxygen atoms in total. The van der Waals surface area contributed by atoms with Crippen LogP contribution >= 0.6 is 22.7 Å². The first-order valence-corrected chi connectivity index (χ1v) is 10.2. The molecule has 0 atom stereocenters. The molecule has 0 unspecified atom stereocenters. The second kappa shape index (κ2) is 6.25. The number of benzene rings is 1. The summed E-state index contributed by atoms with van der Waals surface area (Å²) in [5, 5.41) is 1.70. The molecule has 1 aliphatic rings. The van der Waals surface area contributed by atoms with E-state index in [1.165, 1.54) is 4.88 Å². The highest BCUT2D eigenvalue weighted by molar-refractivity contribution is 7.22. The van der Waals surface area contributed by atoms with Gasteiger partial charge in [-0.1, -0.05) is 12.1 Å². The second-order valence-electron chi connectivity index (χ2n) is 7.38. The largest absolute Gasteiger partial charge is 0.444 e. The van der Waals surface area contributed by atoms with E-state index in [9.17, 15) is 4.79 Å². The molecule has 3 aromatic rings. The highest BCUT2D eigenvalue weighted by atomic mass is 32.1. The molecule has 2 aromatic heterocycles. The van der Waals surface area contributed by atoms with Crippen LogP contribution in [0.4, 0.5) is 9.80 Å². The van der Waals surface area contributed by atoms with Crippen LogP contribution in [-0.4, -0.2) is 28.1 Å². The van der Waals surface area contributed by atoms with Crippen LogP contribution in [0.15, 0.2) is 24.3 Å². The molecule has 136 valence electrons. The third kappa shape index (κ3) is 3.17. The summed E-state index contributed by atoms with van der Waals surface area (Å²) in [6.45, 7) is 6.82. The highest BCUT2D eigenvalue weighted by Crippen LogP contribution is 2.44. The molecule has 1 aromatic carbocycles. The Balaban J connectivity index is 1.69. The van der Waals surface area contributed by atoms with Crippen LogP contribution in [0.1, 0.15) is 31.2 Å². The first-order chi connectivity index (χ1) is 12.3. The predicted molar refractivity (Wildman–Crippen MR) is 108 cm³/mol. The molecule has 2 N–H and O–H groups in total. The van der Waals surface area contributed by atoms with Gasteiger partial charge in [0.1, 0.15) is 10.6 Å². The predicted octanol–water partition coefficient (Wildman–Crippen LogP) is 4.90. The maximum absolute atomic E-state index is 12.5. The number of fused-ring (bicyclic) bond motifs is 2. The molecule has 0 aliphatic carbocycles. The number of anilines is 1. The summed E-state index contributed by atoms with van der Waals surface area (Å²) in [4.78, 5) is 20.3. The number of nitrogens with two attached hydrogens (primary N) is 1.